The highest BCUT2D eigenvalue weighted by Gasteiger charge is 2.13. The minimum Gasteiger partial charge on any atom is -0.475 e. The fourth-order valence-electron chi connectivity index (χ4n) is 2.24. The van der Waals surface area contributed by atoms with Crippen LogP contribution < -0.4 is 15.8 Å². The van der Waals surface area contributed by atoms with Gasteiger partial charge in [-0.2, -0.15) is 11.8 Å². The predicted molar refractivity (Wildman–Crippen MR) is 104 cm³/mol. The number of nitrogens with zero attached hydrogens (tertiary/aromatic N) is 1. The smallest absolute Gasteiger partial charge is 0.237 e. The van der Waals surface area contributed by atoms with Crippen molar-refractivity contribution >= 4 is 30.1 Å². The van der Waals surface area contributed by atoms with Gasteiger partial charge in [0.2, 0.25) is 11.8 Å². The fraction of sp³-hybridized carbons (Fsp3) is 0.647. The van der Waals surface area contributed by atoms with Crippen molar-refractivity contribution in [2.24, 2.45) is 11.7 Å². The van der Waals surface area contributed by atoms with Gasteiger partial charge in [0.1, 0.15) is 0 Å². The van der Waals surface area contributed by atoms with Crippen molar-refractivity contribution in [3.8, 4) is 5.88 Å². The number of hydrogen-bond acceptors (Lipinski definition) is 5. The van der Waals surface area contributed by atoms with Crippen molar-refractivity contribution in [3.63, 3.8) is 0 Å². The zero-order chi connectivity index (χ0) is 17.2. The molecule has 3 N–H and O–H groups in total. The van der Waals surface area contributed by atoms with Crippen molar-refractivity contribution < 1.29 is 9.53 Å². The third kappa shape index (κ3) is 9.35. The van der Waals surface area contributed by atoms with Crippen LogP contribution in [0.1, 0.15) is 39.2 Å². The Labute approximate surface area is 155 Å². The molecule has 0 bridgehead atoms. The molecule has 7 heteroatoms. The van der Waals surface area contributed by atoms with E-state index >= 15 is 0 Å². The van der Waals surface area contributed by atoms with Crippen molar-refractivity contribution in [2.75, 3.05) is 12.0 Å². The number of thioether (sulfide) groups is 1. The SMILES string of the molecule is CSCCC(N)C(=O)NCc1ccnc(OC(C)CC(C)C)c1.Cl. The molecule has 0 radical (unpaired) electrons. The molecule has 0 aromatic carbocycles. The number of ether oxygens (including phenoxy) is 1. The number of nitrogens with two attached hydrogens (primary N) is 1. The van der Waals surface area contributed by atoms with E-state index in [1.54, 1.807) is 18.0 Å². The molecule has 0 saturated heterocycles. The quantitative estimate of drug-likeness (QED) is 0.657. The summed E-state index contributed by atoms with van der Waals surface area (Å²) in [7, 11) is 0. The molecule has 0 aliphatic heterocycles. The molecule has 0 spiro atoms. The summed E-state index contributed by atoms with van der Waals surface area (Å²) in [6, 6.07) is 3.28. The van der Waals surface area contributed by atoms with Crippen LogP contribution in [0, 0.1) is 5.92 Å². The molecule has 1 amide bonds. The Morgan fingerprint density at radius 3 is 2.75 bits per heavy atom. The van der Waals surface area contributed by atoms with Crippen LogP contribution in [-0.4, -0.2) is 35.0 Å². The summed E-state index contributed by atoms with van der Waals surface area (Å²) in [5.41, 5.74) is 6.80. The Bertz CT molecular complexity index is 489. The van der Waals surface area contributed by atoms with Gasteiger partial charge in [-0.15, -0.1) is 12.4 Å². The van der Waals surface area contributed by atoms with E-state index in [4.69, 9.17) is 10.5 Å². The molecule has 0 saturated carbocycles. The molecule has 2 atom stereocenters. The maximum atomic E-state index is 11.9. The van der Waals surface area contributed by atoms with Gasteiger partial charge in [0.15, 0.2) is 0 Å². The van der Waals surface area contributed by atoms with Gasteiger partial charge in [-0.1, -0.05) is 13.8 Å². The second-order valence-corrected chi connectivity index (χ2v) is 7.15. The topological polar surface area (TPSA) is 77.2 Å². The summed E-state index contributed by atoms with van der Waals surface area (Å²) >= 11 is 1.69. The van der Waals surface area contributed by atoms with Gasteiger partial charge >= 0.3 is 0 Å². The van der Waals surface area contributed by atoms with E-state index in [9.17, 15) is 4.79 Å². The monoisotopic (exact) mass is 375 g/mol. The van der Waals surface area contributed by atoms with E-state index in [1.165, 1.54) is 0 Å². The molecule has 1 aromatic rings. The summed E-state index contributed by atoms with van der Waals surface area (Å²) in [5, 5.41) is 2.86. The lowest BCUT2D eigenvalue weighted by atomic mass is 10.1. The first-order valence-electron chi connectivity index (χ1n) is 8.06. The lowest BCUT2D eigenvalue weighted by molar-refractivity contribution is -0.122. The molecule has 138 valence electrons. The minimum atomic E-state index is -0.453. The van der Waals surface area contributed by atoms with Crippen LogP contribution in [-0.2, 0) is 11.3 Å². The van der Waals surface area contributed by atoms with Crippen LogP contribution >= 0.6 is 24.2 Å². The highest BCUT2D eigenvalue weighted by molar-refractivity contribution is 7.98. The van der Waals surface area contributed by atoms with Gasteiger partial charge in [-0.05, 0) is 49.3 Å². The minimum absolute atomic E-state index is 0. The first-order valence-corrected chi connectivity index (χ1v) is 9.45. The van der Waals surface area contributed by atoms with E-state index in [0.29, 0.717) is 24.8 Å². The summed E-state index contributed by atoms with van der Waals surface area (Å²) in [5.74, 6) is 1.94. The van der Waals surface area contributed by atoms with E-state index in [-0.39, 0.29) is 24.4 Å². The largest absolute Gasteiger partial charge is 0.475 e. The standard InChI is InChI=1S/C17H29N3O2S.ClH/c1-12(2)9-13(3)22-16-10-14(5-7-19-16)11-20-17(21)15(18)6-8-23-4;/h5,7,10,12-13,15H,6,8-9,11,18H2,1-4H3,(H,20,21);1H. The number of aromatic nitrogens is 1. The second kappa shape index (κ2) is 12.4. The van der Waals surface area contributed by atoms with Crippen molar-refractivity contribution in [2.45, 2.75) is 52.3 Å². The Morgan fingerprint density at radius 1 is 1.42 bits per heavy atom. The molecular weight excluding hydrogens is 346 g/mol. The Balaban J connectivity index is 0.00000529. The number of pyridine rings is 1. The summed E-state index contributed by atoms with van der Waals surface area (Å²) < 4.78 is 5.82. The van der Waals surface area contributed by atoms with Gasteiger partial charge < -0.3 is 15.8 Å². The summed E-state index contributed by atoms with van der Waals surface area (Å²) in [4.78, 5) is 16.1. The van der Waals surface area contributed by atoms with Gasteiger partial charge in [-0.25, -0.2) is 4.98 Å². The van der Waals surface area contributed by atoms with Crippen molar-refractivity contribution in [3.05, 3.63) is 23.9 Å². The number of carbonyl (C=O) groups excluding carboxylic acids is 1. The van der Waals surface area contributed by atoms with Gasteiger partial charge in [-0.3, -0.25) is 4.79 Å². The molecule has 0 aliphatic carbocycles. The number of carbonyl (C=O) groups is 1. The molecule has 2 unspecified atom stereocenters. The lowest BCUT2D eigenvalue weighted by Gasteiger charge is -2.16. The van der Waals surface area contributed by atoms with Crippen LogP contribution in [0.4, 0.5) is 0 Å². The molecular formula is C17H30ClN3O2S. The normalized spacial score (nSPS) is 13.1. The highest BCUT2D eigenvalue weighted by Crippen LogP contribution is 2.15. The zero-order valence-electron chi connectivity index (χ0n) is 15.0. The molecule has 0 fully saturated rings. The molecule has 1 heterocycles. The van der Waals surface area contributed by atoms with Crippen LogP contribution in [0.2, 0.25) is 0 Å². The van der Waals surface area contributed by atoms with Crippen LogP contribution in [0.25, 0.3) is 0 Å². The maximum Gasteiger partial charge on any atom is 0.237 e. The first kappa shape index (κ1) is 23.0. The third-order valence-electron chi connectivity index (χ3n) is 3.36. The number of hydrogen-bond donors (Lipinski definition) is 2. The van der Waals surface area contributed by atoms with Gasteiger partial charge in [0.05, 0.1) is 12.1 Å². The number of nitrogens with one attached hydrogen (secondary N) is 1. The molecule has 1 aromatic heterocycles. The average Bonchev–Trinajstić information content (AvgIpc) is 2.49. The molecule has 5 nitrogen and oxygen atoms in total. The first-order chi connectivity index (χ1) is 10.9. The van der Waals surface area contributed by atoms with E-state index in [0.717, 1.165) is 17.7 Å². The number of halogens is 1. The number of amides is 1. The zero-order valence-corrected chi connectivity index (χ0v) is 16.6. The third-order valence-corrected chi connectivity index (χ3v) is 4.00. The number of rotatable bonds is 10. The van der Waals surface area contributed by atoms with Crippen LogP contribution in [0.5, 0.6) is 5.88 Å². The molecule has 0 aliphatic rings. The molecule has 24 heavy (non-hydrogen) atoms. The molecule has 1 rings (SSSR count). The van der Waals surface area contributed by atoms with E-state index < -0.39 is 6.04 Å². The van der Waals surface area contributed by atoms with Gasteiger partial charge in [0, 0.05) is 18.8 Å². The Hall–Kier alpha value is -0.980. The maximum absolute atomic E-state index is 11.9. The van der Waals surface area contributed by atoms with E-state index in [1.807, 2.05) is 25.3 Å². The highest BCUT2D eigenvalue weighted by atomic mass is 35.5. The predicted octanol–water partition coefficient (Wildman–Crippen LogP) is 3.01. The summed E-state index contributed by atoms with van der Waals surface area (Å²) in [6.07, 6.45) is 5.49. The van der Waals surface area contributed by atoms with Crippen LogP contribution in [0.3, 0.4) is 0 Å². The van der Waals surface area contributed by atoms with Crippen molar-refractivity contribution in [1.82, 2.24) is 10.3 Å². The lowest BCUT2D eigenvalue weighted by Crippen LogP contribution is -2.40. The Kier molecular flexibility index (Phi) is 11.9. The van der Waals surface area contributed by atoms with Gasteiger partial charge in [0.25, 0.3) is 0 Å². The second-order valence-electron chi connectivity index (χ2n) is 6.17. The van der Waals surface area contributed by atoms with E-state index in [2.05, 4.69) is 24.1 Å². The Morgan fingerprint density at radius 2 is 2.12 bits per heavy atom. The average molecular weight is 376 g/mol. The summed E-state index contributed by atoms with van der Waals surface area (Å²) in [6.45, 7) is 6.81. The van der Waals surface area contributed by atoms with Crippen molar-refractivity contribution in [1.29, 1.82) is 0 Å². The van der Waals surface area contributed by atoms with Crippen LogP contribution in [0.15, 0.2) is 18.3 Å². The fourth-order valence-corrected chi connectivity index (χ4v) is 2.73.